The van der Waals surface area contributed by atoms with Gasteiger partial charge in [0, 0.05) is 11.1 Å². The highest BCUT2D eigenvalue weighted by Gasteiger charge is 2.18. The van der Waals surface area contributed by atoms with Crippen molar-refractivity contribution < 1.29 is 9.18 Å². The number of nitrogens with one attached hydrogen (secondary N) is 1. The Hall–Kier alpha value is -4.07. The average molecular weight is 518 g/mol. The summed E-state index contributed by atoms with van der Waals surface area (Å²) in [7, 11) is 0. The second kappa shape index (κ2) is 9.89. The van der Waals surface area contributed by atoms with E-state index in [1.165, 1.54) is 35.5 Å². The van der Waals surface area contributed by atoms with Crippen LogP contribution in [0.5, 0.6) is 0 Å². The molecule has 1 amide bonds. The molecule has 0 spiro atoms. The lowest BCUT2D eigenvalue weighted by Gasteiger charge is -2.16. The molecule has 2 heterocycles. The van der Waals surface area contributed by atoms with Crippen LogP contribution in [0.1, 0.15) is 15.9 Å². The predicted octanol–water partition coefficient (Wildman–Crippen LogP) is 7.00. The Labute approximate surface area is 216 Å². The molecule has 0 bridgehead atoms. The van der Waals surface area contributed by atoms with Crippen molar-refractivity contribution in [3.63, 3.8) is 0 Å². The Kier molecular flexibility index (Phi) is 6.50. The van der Waals surface area contributed by atoms with Gasteiger partial charge in [-0.15, -0.1) is 4.80 Å². The smallest absolute Gasteiger partial charge is 0.255 e. The first-order valence-corrected chi connectivity index (χ1v) is 11.7. The number of benzene rings is 3. The Balaban J connectivity index is 1.54. The molecule has 9 heteroatoms. The third kappa shape index (κ3) is 4.71. The second-order valence-electron chi connectivity index (χ2n) is 8.00. The monoisotopic (exact) mass is 517 g/mol. The van der Waals surface area contributed by atoms with Crippen molar-refractivity contribution >= 4 is 34.8 Å². The van der Waals surface area contributed by atoms with E-state index in [9.17, 15) is 9.18 Å². The lowest BCUT2D eigenvalue weighted by atomic mass is 9.90. The summed E-state index contributed by atoms with van der Waals surface area (Å²) in [5, 5.41) is 11.5. The van der Waals surface area contributed by atoms with Gasteiger partial charge >= 0.3 is 0 Å². The number of anilines is 1. The molecule has 0 aliphatic heterocycles. The zero-order chi connectivity index (χ0) is 25.2. The van der Waals surface area contributed by atoms with Crippen molar-refractivity contribution in [1.82, 2.24) is 20.0 Å². The van der Waals surface area contributed by atoms with E-state index in [1.807, 2.05) is 49.4 Å². The van der Waals surface area contributed by atoms with Gasteiger partial charge in [-0.2, -0.15) is 10.2 Å². The summed E-state index contributed by atoms with van der Waals surface area (Å²) in [6.07, 6.45) is 4.52. The first-order valence-electron chi connectivity index (χ1n) is 10.9. The van der Waals surface area contributed by atoms with Crippen molar-refractivity contribution in [2.75, 3.05) is 5.32 Å². The molecule has 0 aliphatic carbocycles. The average Bonchev–Trinajstić information content (AvgIpc) is 3.39. The van der Waals surface area contributed by atoms with Gasteiger partial charge in [-0.1, -0.05) is 53.5 Å². The number of halogens is 3. The summed E-state index contributed by atoms with van der Waals surface area (Å²) in [5.74, 6) is -0.397. The van der Waals surface area contributed by atoms with E-state index in [4.69, 9.17) is 23.2 Å². The largest absolute Gasteiger partial charge is 0.321 e. The fraction of sp³-hybridized carbons (Fsp3) is 0.0370. The molecular weight excluding hydrogens is 500 g/mol. The number of rotatable bonds is 5. The normalized spacial score (nSPS) is 10.9. The molecule has 6 nitrogen and oxygen atoms in total. The minimum Gasteiger partial charge on any atom is -0.321 e. The van der Waals surface area contributed by atoms with E-state index >= 15 is 0 Å². The fourth-order valence-electron chi connectivity index (χ4n) is 3.91. The number of nitrogens with zero attached hydrogens (tertiary/aromatic N) is 4. The van der Waals surface area contributed by atoms with Gasteiger partial charge in [0.05, 0.1) is 34.3 Å². The highest BCUT2D eigenvalue weighted by molar-refractivity contribution is 6.33. The van der Waals surface area contributed by atoms with Crippen LogP contribution < -0.4 is 5.32 Å². The molecule has 36 heavy (non-hydrogen) atoms. The van der Waals surface area contributed by atoms with E-state index in [0.717, 1.165) is 22.3 Å². The summed E-state index contributed by atoms with van der Waals surface area (Å²) in [6, 6.07) is 19.2. The van der Waals surface area contributed by atoms with Crippen LogP contribution in [0.25, 0.3) is 28.1 Å². The summed E-state index contributed by atoms with van der Waals surface area (Å²) >= 11 is 12.7. The maximum Gasteiger partial charge on any atom is 0.255 e. The Morgan fingerprint density at radius 3 is 2.33 bits per heavy atom. The van der Waals surface area contributed by atoms with Crippen LogP contribution in [0.4, 0.5) is 10.1 Å². The number of aryl methyl sites for hydroxylation is 1. The SMILES string of the molecule is Cc1cc(-c2ccc(F)cc2Cl)c(-c2ccccc2)cc1C(=O)Nc1cnc(-n2nccn2)c(Cl)c1. The maximum atomic E-state index is 13.7. The second-order valence-corrected chi connectivity index (χ2v) is 8.82. The number of amides is 1. The van der Waals surface area contributed by atoms with Crippen LogP contribution in [-0.4, -0.2) is 25.9 Å². The molecule has 178 valence electrons. The van der Waals surface area contributed by atoms with Crippen LogP contribution >= 0.6 is 23.2 Å². The molecule has 1 N–H and O–H groups in total. The van der Waals surface area contributed by atoms with Crippen molar-refractivity contribution in [3.05, 3.63) is 112 Å². The number of hydrogen-bond acceptors (Lipinski definition) is 4. The van der Waals surface area contributed by atoms with E-state index in [0.29, 0.717) is 22.6 Å². The highest BCUT2D eigenvalue weighted by Crippen LogP contribution is 2.38. The minimum absolute atomic E-state index is 0.284. The zero-order valence-electron chi connectivity index (χ0n) is 18.9. The summed E-state index contributed by atoms with van der Waals surface area (Å²) in [4.78, 5) is 18.9. The van der Waals surface area contributed by atoms with Crippen LogP contribution in [0, 0.1) is 12.7 Å². The molecule has 0 unspecified atom stereocenters. The Bertz CT molecular complexity index is 1570. The first-order chi connectivity index (χ1) is 17.4. The van der Waals surface area contributed by atoms with Crippen molar-refractivity contribution in [1.29, 1.82) is 0 Å². The lowest BCUT2D eigenvalue weighted by Crippen LogP contribution is -2.14. The highest BCUT2D eigenvalue weighted by atomic mass is 35.5. The number of carbonyl (C=O) groups excluding carboxylic acids is 1. The van der Waals surface area contributed by atoms with Gasteiger partial charge in [-0.3, -0.25) is 4.79 Å². The van der Waals surface area contributed by atoms with E-state index in [1.54, 1.807) is 12.1 Å². The van der Waals surface area contributed by atoms with Gasteiger partial charge in [-0.25, -0.2) is 9.37 Å². The molecule has 2 aromatic heterocycles. The van der Waals surface area contributed by atoms with Crippen LogP contribution in [0.3, 0.4) is 0 Å². The van der Waals surface area contributed by atoms with Gasteiger partial charge in [0.25, 0.3) is 5.91 Å². The molecule has 0 fully saturated rings. The molecule has 0 atom stereocenters. The van der Waals surface area contributed by atoms with Crippen molar-refractivity contribution in [2.45, 2.75) is 6.92 Å². The maximum absolute atomic E-state index is 13.7. The van der Waals surface area contributed by atoms with Gasteiger partial charge in [-0.05, 0) is 65.6 Å². The van der Waals surface area contributed by atoms with Gasteiger partial charge in [0.2, 0.25) is 0 Å². The minimum atomic E-state index is -0.417. The van der Waals surface area contributed by atoms with E-state index < -0.39 is 5.82 Å². The standard InChI is InChI=1S/C27H18Cl2FN5O/c1-16-11-23(20-8-7-18(30)12-24(20)28)22(17-5-3-2-4-6-17)14-21(16)27(36)34-19-13-25(29)26(31-15-19)35-32-9-10-33-35/h2-15H,1H3,(H,34,36). The molecule has 0 saturated carbocycles. The lowest BCUT2D eigenvalue weighted by molar-refractivity contribution is 0.102. The molecule has 0 saturated heterocycles. The Morgan fingerprint density at radius 1 is 0.889 bits per heavy atom. The van der Waals surface area contributed by atoms with E-state index in [2.05, 4.69) is 20.5 Å². The zero-order valence-corrected chi connectivity index (χ0v) is 20.4. The van der Waals surface area contributed by atoms with Crippen LogP contribution in [0.15, 0.2) is 85.3 Å². The molecule has 0 radical (unpaired) electrons. The number of aromatic nitrogens is 4. The molecular formula is C27H18Cl2FN5O. The number of hydrogen-bond donors (Lipinski definition) is 1. The van der Waals surface area contributed by atoms with Crippen LogP contribution in [-0.2, 0) is 0 Å². The molecule has 0 aliphatic rings. The first kappa shape index (κ1) is 23.7. The van der Waals surface area contributed by atoms with Gasteiger partial charge in [0.15, 0.2) is 5.82 Å². The predicted molar refractivity (Wildman–Crippen MR) is 139 cm³/mol. The summed E-state index contributed by atoms with van der Waals surface area (Å²) in [5.41, 5.74) is 4.75. The molecule has 5 rings (SSSR count). The Morgan fingerprint density at radius 2 is 1.64 bits per heavy atom. The van der Waals surface area contributed by atoms with Gasteiger partial charge < -0.3 is 5.32 Å². The third-order valence-corrected chi connectivity index (χ3v) is 6.19. The summed E-state index contributed by atoms with van der Waals surface area (Å²) < 4.78 is 13.7. The summed E-state index contributed by atoms with van der Waals surface area (Å²) in [6.45, 7) is 1.84. The fourth-order valence-corrected chi connectivity index (χ4v) is 4.42. The molecule has 3 aromatic carbocycles. The third-order valence-electron chi connectivity index (χ3n) is 5.60. The number of carbonyl (C=O) groups is 1. The molecule has 5 aromatic rings. The van der Waals surface area contributed by atoms with Crippen LogP contribution in [0.2, 0.25) is 10.0 Å². The van der Waals surface area contributed by atoms with Crippen molar-refractivity contribution in [3.8, 4) is 28.1 Å². The number of pyridine rings is 1. The quantitative estimate of drug-likeness (QED) is 0.272. The van der Waals surface area contributed by atoms with Gasteiger partial charge in [0.1, 0.15) is 5.82 Å². The topological polar surface area (TPSA) is 72.7 Å². The van der Waals surface area contributed by atoms with Crippen molar-refractivity contribution in [2.24, 2.45) is 0 Å². The van der Waals surface area contributed by atoms with E-state index in [-0.39, 0.29) is 16.0 Å².